The molecule has 6 nitrogen and oxygen atoms in total. The number of aliphatic carboxylic acids is 1. The van der Waals surface area contributed by atoms with Crippen molar-refractivity contribution in [3.63, 3.8) is 0 Å². The molecule has 88 valence electrons. The van der Waals surface area contributed by atoms with E-state index in [9.17, 15) is 14.7 Å². The van der Waals surface area contributed by atoms with Crippen LogP contribution in [0.25, 0.3) is 0 Å². The maximum Gasteiger partial charge on any atom is 0.333 e. The van der Waals surface area contributed by atoms with Crippen molar-refractivity contribution in [1.29, 1.82) is 0 Å². The zero-order chi connectivity index (χ0) is 12.4. The molecule has 0 spiro atoms. The molecule has 0 amide bonds. The Morgan fingerprint density at radius 1 is 1.53 bits per heavy atom. The van der Waals surface area contributed by atoms with Crippen molar-refractivity contribution in [1.82, 2.24) is 0 Å². The van der Waals surface area contributed by atoms with Gasteiger partial charge in [-0.05, 0) is 13.8 Å². The van der Waals surface area contributed by atoms with Crippen LogP contribution in [0.1, 0.15) is 13.8 Å². The standard InChI is InChI=1S/C6H10O3.C3H6O3/c1-5(2)6(8)9-4-3-7;1-2(4)3(5)6/h7H,1,3-4H2,2H3;2,4H,1H3,(H,5,6)/p-1. The van der Waals surface area contributed by atoms with E-state index in [1.165, 1.54) is 0 Å². The van der Waals surface area contributed by atoms with Crippen molar-refractivity contribution in [2.75, 3.05) is 13.2 Å². The fourth-order valence-corrected chi connectivity index (χ4v) is 0.262. The second-order valence-electron chi connectivity index (χ2n) is 2.63. The minimum absolute atomic E-state index is 0.0473. The van der Waals surface area contributed by atoms with E-state index in [1.54, 1.807) is 6.92 Å². The predicted molar refractivity (Wildman–Crippen MR) is 49.5 cm³/mol. The first-order valence-electron chi connectivity index (χ1n) is 4.15. The molecular formula is C9H15O6-. The van der Waals surface area contributed by atoms with E-state index in [-0.39, 0.29) is 13.2 Å². The van der Waals surface area contributed by atoms with E-state index in [0.29, 0.717) is 5.57 Å². The zero-order valence-corrected chi connectivity index (χ0v) is 8.73. The highest BCUT2D eigenvalue weighted by atomic mass is 16.5. The molecule has 2 N–H and O–H groups in total. The van der Waals surface area contributed by atoms with Crippen molar-refractivity contribution >= 4 is 11.9 Å². The molecule has 0 radical (unpaired) electrons. The van der Waals surface area contributed by atoms with Gasteiger partial charge in [0.2, 0.25) is 0 Å². The van der Waals surface area contributed by atoms with Crippen LogP contribution in [0.4, 0.5) is 0 Å². The Labute approximate surface area is 87.8 Å². The molecule has 0 aliphatic heterocycles. The lowest BCUT2D eigenvalue weighted by Gasteiger charge is -2.00. The van der Waals surface area contributed by atoms with Crippen molar-refractivity contribution in [2.45, 2.75) is 20.0 Å². The highest BCUT2D eigenvalue weighted by Crippen LogP contribution is 1.89. The summed E-state index contributed by atoms with van der Waals surface area (Å²) in [6.07, 6.45) is -1.34. The number of carbonyl (C=O) groups excluding carboxylic acids is 2. The van der Waals surface area contributed by atoms with Crippen LogP contribution in [0.3, 0.4) is 0 Å². The molecule has 0 rings (SSSR count). The van der Waals surface area contributed by atoms with Crippen molar-refractivity contribution in [3.8, 4) is 0 Å². The maximum atomic E-state index is 10.5. The third kappa shape index (κ3) is 12.6. The minimum Gasteiger partial charge on any atom is -0.547 e. The summed E-state index contributed by atoms with van der Waals surface area (Å²) in [5.74, 6) is -1.89. The number of hydrogen-bond donors (Lipinski definition) is 2. The van der Waals surface area contributed by atoms with Gasteiger partial charge in [-0.25, -0.2) is 4.79 Å². The lowest BCUT2D eigenvalue weighted by Crippen LogP contribution is -2.32. The molecule has 0 aliphatic carbocycles. The highest BCUT2D eigenvalue weighted by Gasteiger charge is 1.99. The lowest BCUT2D eigenvalue weighted by molar-refractivity contribution is -0.314. The first kappa shape index (κ1) is 16.0. The van der Waals surface area contributed by atoms with Gasteiger partial charge in [0, 0.05) is 5.57 Å². The quantitative estimate of drug-likeness (QED) is 0.427. The molecule has 0 aromatic heterocycles. The molecule has 0 aromatic carbocycles. The van der Waals surface area contributed by atoms with Gasteiger partial charge in [0.25, 0.3) is 0 Å². The Kier molecular flexibility index (Phi) is 9.81. The average molecular weight is 219 g/mol. The van der Waals surface area contributed by atoms with Gasteiger partial charge in [0.05, 0.1) is 18.7 Å². The predicted octanol–water partition coefficient (Wildman–Crippen LogP) is -1.78. The van der Waals surface area contributed by atoms with Crippen LogP contribution in [0.2, 0.25) is 0 Å². The third-order valence-electron chi connectivity index (χ3n) is 1.01. The fraction of sp³-hybridized carbons (Fsp3) is 0.556. The first-order valence-corrected chi connectivity index (χ1v) is 4.15. The summed E-state index contributed by atoms with van der Waals surface area (Å²) < 4.78 is 4.46. The number of aliphatic hydroxyl groups is 2. The summed E-state index contributed by atoms with van der Waals surface area (Å²) in [4.78, 5) is 19.8. The first-order chi connectivity index (χ1) is 6.82. The zero-order valence-electron chi connectivity index (χ0n) is 8.73. The van der Waals surface area contributed by atoms with Crippen molar-refractivity contribution in [3.05, 3.63) is 12.2 Å². The maximum absolute atomic E-state index is 10.5. The van der Waals surface area contributed by atoms with Gasteiger partial charge in [-0.2, -0.15) is 0 Å². The third-order valence-corrected chi connectivity index (χ3v) is 1.01. The molecule has 0 aliphatic rings. The number of esters is 1. The average Bonchev–Trinajstić information content (AvgIpc) is 2.14. The van der Waals surface area contributed by atoms with E-state index < -0.39 is 18.0 Å². The van der Waals surface area contributed by atoms with Crippen molar-refractivity contribution < 1.29 is 29.6 Å². The Bertz CT molecular complexity index is 221. The van der Waals surface area contributed by atoms with Gasteiger partial charge in [-0.1, -0.05) is 6.58 Å². The second-order valence-corrected chi connectivity index (χ2v) is 2.63. The van der Waals surface area contributed by atoms with Crippen LogP contribution in [-0.2, 0) is 14.3 Å². The Morgan fingerprint density at radius 2 is 1.93 bits per heavy atom. The van der Waals surface area contributed by atoms with Crippen LogP contribution in [0, 0.1) is 0 Å². The van der Waals surface area contributed by atoms with Gasteiger partial charge in [0.1, 0.15) is 6.61 Å². The Hall–Kier alpha value is -1.40. The largest absolute Gasteiger partial charge is 0.547 e. The number of ether oxygens (including phenoxy) is 1. The molecule has 1 unspecified atom stereocenters. The van der Waals surface area contributed by atoms with Gasteiger partial charge in [-0.15, -0.1) is 0 Å². The smallest absolute Gasteiger partial charge is 0.333 e. The number of hydrogen-bond acceptors (Lipinski definition) is 6. The SMILES string of the molecule is C=C(C)C(=O)OCCO.CC(O)C(=O)[O-]. The number of carboxylic acid groups (broad SMARTS) is 1. The second kappa shape index (κ2) is 9.17. The van der Waals surface area contributed by atoms with E-state index in [4.69, 9.17) is 10.2 Å². The van der Waals surface area contributed by atoms with Crippen molar-refractivity contribution in [2.24, 2.45) is 0 Å². The van der Waals surface area contributed by atoms with E-state index in [0.717, 1.165) is 6.92 Å². The molecule has 0 fully saturated rings. The molecule has 0 heterocycles. The lowest BCUT2D eigenvalue weighted by atomic mass is 10.4. The molecule has 0 aromatic rings. The highest BCUT2D eigenvalue weighted by molar-refractivity contribution is 5.86. The molecule has 6 heteroatoms. The van der Waals surface area contributed by atoms with E-state index in [1.807, 2.05) is 0 Å². The molecule has 15 heavy (non-hydrogen) atoms. The topological polar surface area (TPSA) is 107 Å². The van der Waals surface area contributed by atoms with E-state index >= 15 is 0 Å². The molecule has 0 bridgehead atoms. The molecule has 0 saturated heterocycles. The summed E-state index contributed by atoms with van der Waals surface area (Å²) in [5.41, 5.74) is 0.350. The summed E-state index contributed by atoms with van der Waals surface area (Å²) in [6, 6.07) is 0. The van der Waals surface area contributed by atoms with Crippen LogP contribution in [-0.4, -0.2) is 41.5 Å². The van der Waals surface area contributed by atoms with E-state index in [2.05, 4.69) is 11.3 Å². The molecule has 1 atom stereocenters. The summed E-state index contributed by atoms with van der Waals surface area (Å²) in [6.45, 7) is 5.95. The van der Waals surface area contributed by atoms with Crippen LogP contribution in [0.5, 0.6) is 0 Å². The van der Waals surface area contributed by atoms with Gasteiger partial charge in [0.15, 0.2) is 0 Å². The number of rotatable bonds is 4. The van der Waals surface area contributed by atoms with Gasteiger partial charge < -0.3 is 24.9 Å². The fourth-order valence-electron chi connectivity index (χ4n) is 0.262. The summed E-state index contributed by atoms with van der Waals surface area (Å²) in [5, 5.41) is 25.5. The minimum atomic E-state index is -1.44. The normalized spacial score (nSPS) is 10.7. The molecule has 0 saturated carbocycles. The Balaban J connectivity index is 0. The van der Waals surface area contributed by atoms with Gasteiger partial charge >= 0.3 is 5.97 Å². The van der Waals surface area contributed by atoms with Crippen LogP contribution in [0.15, 0.2) is 12.2 Å². The number of carboxylic acids is 1. The van der Waals surface area contributed by atoms with Crippen LogP contribution < -0.4 is 5.11 Å². The van der Waals surface area contributed by atoms with Gasteiger partial charge in [-0.3, -0.25) is 0 Å². The Morgan fingerprint density at radius 3 is 2.13 bits per heavy atom. The summed E-state index contributed by atoms with van der Waals surface area (Å²) >= 11 is 0. The van der Waals surface area contributed by atoms with Crippen LogP contribution >= 0.6 is 0 Å². The molecular weight excluding hydrogens is 204 g/mol. The number of carbonyl (C=O) groups is 2. The monoisotopic (exact) mass is 219 g/mol. The summed E-state index contributed by atoms with van der Waals surface area (Å²) in [7, 11) is 0. The number of aliphatic hydroxyl groups excluding tert-OH is 2.